The number of hydrogen-bond donors (Lipinski definition) is 1. The number of methoxy groups -OCH3 is 1. The van der Waals surface area contributed by atoms with E-state index in [-0.39, 0.29) is 12.5 Å². The number of amides is 1. The molecule has 3 aromatic carbocycles. The van der Waals surface area contributed by atoms with Crippen molar-refractivity contribution in [1.82, 2.24) is 5.32 Å². The summed E-state index contributed by atoms with van der Waals surface area (Å²) in [5.41, 5.74) is 2.69. The van der Waals surface area contributed by atoms with E-state index in [4.69, 9.17) is 9.47 Å². The van der Waals surface area contributed by atoms with Gasteiger partial charge in [0.05, 0.1) is 17.8 Å². The van der Waals surface area contributed by atoms with E-state index in [1.807, 2.05) is 54.6 Å². The molecule has 0 unspecified atom stereocenters. The minimum Gasteiger partial charge on any atom is -0.469 e. The van der Waals surface area contributed by atoms with E-state index in [2.05, 4.69) is 41.7 Å². The predicted molar refractivity (Wildman–Crippen MR) is 141 cm³/mol. The number of esters is 1. The van der Waals surface area contributed by atoms with Crippen LogP contribution in [0.1, 0.15) is 37.5 Å². The number of hydrogen-bond acceptors (Lipinski definition) is 5. The highest BCUT2D eigenvalue weighted by Crippen LogP contribution is 2.49. The standard InChI is InChI=1S/C29H33NO4S/c1-28(2,3)34-27(32)30-20-22(26(31)33-4)21-35-29(23-14-8-5-9-15-23,24-16-10-6-11-17-24)25-18-12-7-13-19-25/h5-19,22H,20-21H2,1-4H3,(H,30,32)/t22-/m1/s1. The average Bonchev–Trinajstić information content (AvgIpc) is 2.86. The first-order chi connectivity index (χ1) is 16.8. The summed E-state index contributed by atoms with van der Waals surface area (Å²) in [6.07, 6.45) is -0.558. The molecular weight excluding hydrogens is 458 g/mol. The van der Waals surface area contributed by atoms with Crippen LogP contribution in [0, 0.1) is 5.92 Å². The minimum absolute atomic E-state index is 0.114. The lowest BCUT2D eigenvalue weighted by molar-refractivity contribution is -0.144. The fourth-order valence-corrected chi connectivity index (χ4v) is 5.51. The molecule has 6 heteroatoms. The van der Waals surface area contributed by atoms with Crippen molar-refractivity contribution >= 4 is 23.8 Å². The molecule has 1 atom stereocenters. The Bertz CT molecular complexity index is 985. The van der Waals surface area contributed by atoms with Crippen LogP contribution < -0.4 is 5.32 Å². The van der Waals surface area contributed by atoms with Crippen molar-refractivity contribution in [2.24, 2.45) is 5.92 Å². The van der Waals surface area contributed by atoms with Gasteiger partial charge in [0, 0.05) is 12.3 Å². The third-order valence-electron chi connectivity index (χ3n) is 5.47. The third kappa shape index (κ3) is 6.89. The quantitative estimate of drug-likeness (QED) is 0.293. The molecule has 0 radical (unpaired) electrons. The summed E-state index contributed by atoms with van der Waals surface area (Å²) in [4.78, 5) is 25.0. The lowest BCUT2D eigenvalue weighted by atomic mass is 9.84. The Labute approximate surface area is 212 Å². The Balaban J connectivity index is 1.97. The van der Waals surface area contributed by atoms with Crippen LogP contribution in [0.3, 0.4) is 0 Å². The van der Waals surface area contributed by atoms with Crippen LogP contribution in [0.4, 0.5) is 4.79 Å². The van der Waals surface area contributed by atoms with Gasteiger partial charge in [-0.05, 0) is 37.5 Å². The molecule has 0 aromatic heterocycles. The Morgan fingerprint density at radius 1 is 0.800 bits per heavy atom. The van der Waals surface area contributed by atoms with E-state index < -0.39 is 22.4 Å². The van der Waals surface area contributed by atoms with Gasteiger partial charge in [0.25, 0.3) is 0 Å². The number of thioether (sulfide) groups is 1. The molecule has 35 heavy (non-hydrogen) atoms. The first-order valence-electron chi connectivity index (χ1n) is 11.6. The molecule has 0 spiro atoms. The first kappa shape index (κ1) is 26.4. The maximum Gasteiger partial charge on any atom is 0.407 e. The smallest absolute Gasteiger partial charge is 0.407 e. The number of alkyl carbamates (subject to hydrolysis) is 1. The van der Waals surface area contributed by atoms with Gasteiger partial charge < -0.3 is 14.8 Å². The van der Waals surface area contributed by atoms with E-state index in [0.29, 0.717) is 5.75 Å². The van der Waals surface area contributed by atoms with E-state index >= 15 is 0 Å². The van der Waals surface area contributed by atoms with Crippen molar-refractivity contribution in [2.75, 3.05) is 19.4 Å². The molecule has 0 aliphatic carbocycles. The van der Waals surface area contributed by atoms with E-state index in [1.165, 1.54) is 7.11 Å². The van der Waals surface area contributed by atoms with Crippen LogP contribution in [0.15, 0.2) is 91.0 Å². The molecule has 1 amide bonds. The van der Waals surface area contributed by atoms with Crippen molar-refractivity contribution in [1.29, 1.82) is 0 Å². The maximum atomic E-state index is 12.7. The topological polar surface area (TPSA) is 64.6 Å². The number of ether oxygens (including phenoxy) is 2. The molecule has 0 bridgehead atoms. The lowest BCUT2D eigenvalue weighted by Crippen LogP contribution is -2.39. The van der Waals surface area contributed by atoms with Gasteiger partial charge in [-0.1, -0.05) is 91.0 Å². The molecule has 0 aliphatic rings. The van der Waals surface area contributed by atoms with Crippen LogP contribution in [0.25, 0.3) is 0 Å². The van der Waals surface area contributed by atoms with Gasteiger partial charge in [-0.3, -0.25) is 4.79 Å². The van der Waals surface area contributed by atoms with Crippen LogP contribution in [-0.2, 0) is 19.0 Å². The van der Waals surface area contributed by atoms with Crippen LogP contribution >= 0.6 is 11.8 Å². The Morgan fingerprint density at radius 3 is 1.60 bits per heavy atom. The Hall–Kier alpha value is -3.25. The molecule has 0 saturated carbocycles. The number of rotatable bonds is 9. The molecular formula is C29H33NO4S. The van der Waals surface area contributed by atoms with Crippen molar-refractivity contribution in [3.05, 3.63) is 108 Å². The summed E-state index contributed by atoms with van der Waals surface area (Å²) < 4.78 is 9.86. The summed E-state index contributed by atoms with van der Waals surface area (Å²) >= 11 is 1.65. The van der Waals surface area contributed by atoms with Gasteiger partial charge in [-0.2, -0.15) is 0 Å². The lowest BCUT2D eigenvalue weighted by Gasteiger charge is -2.36. The van der Waals surface area contributed by atoms with Gasteiger partial charge in [0.2, 0.25) is 0 Å². The first-order valence-corrected chi connectivity index (χ1v) is 12.6. The SMILES string of the molecule is COC(=O)[C@H](CNC(=O)OC(C)(C)C)CSC(c1ccccc1)(c1ccccc1)c1ccccc1. The summed E-state index contributed by atoms with van der Waals surface area (Å²) in [6, 6.07) is 30.8. The second-order valence-corrected chi connectivity index (χ2v) is 10.4. The summed E-state index contributed by atoms with van der Waals surface area (Å²) in [7, 11) is 1.37. The van der Waals surface area contributed by atoms with E-state index in [1.54, 1.807) is 32.5 Å². The monoisotopic (exact) mass is 491 g/mol. The maximum absolute atomic E-state index is 12.7. The molecule has 0 heterocycles. The predicted octanol–water partition coefficient (Wildman–Crippen LogP) is 6.03. The molecule has 3 aromatic rings. The molecule has 1 N–H and O–H groups in total. The molecule has 3 rings (SSSR count). The fraction of sp³-hybridized carbons (Fsp3) is 0.310. The highest BCUT2D eigenvalue weighted by molar-refractivity contribution is 8.00. The summed E-state index contributed by atoms with van der Waals surface area (Å²) in [5, 5.41) is 2.73. The zero-order valence-electron chi connectivity index (χ0n) is 20.7. The van der Waals surface area contributed by atoms with Gasteiger partial charge >= 0.3 is 12.1 Å². The second-order valence-electron chi connectivity index (χ2n) is 9.19. The Kier molecular flexibility index (Phi) is 8.99. The molecule has 184 valence electrons. The van der Waals surface area contributed by atoms with Crippen molar-refractivity contribution in [3.63, 3.8) is 0 Å². The van der Waals surface area contributed by atoms with Crippen molar-refractivity contribution < 1.29 is 19.1 Å². The van der Waals surface area contributed by atoms with Gasteiger partial charge in [0.1, 0.15) is 5.60 Å². The normalized spacial score (nSPS) is 12.5. The van der Waals surface area contributed by atoms with Crippen molar-refractivity contribution in [3.8, 4) is 0 Å². The molecule has 5 nitrogen and oxygen atoms in total. The molecule has 0 fully saturated rings. The summed E-state index contributed by atoms with van der Waals surface area (Å²) in [5.74, 6) is -0.522. The highest BCUT2D eigenvalue weighted by atomic mass is 32.2. The molecule has 0 saturated heterocycles. The fourth-order valence-electron chi connectivity index (χ4n) is 3.89. The highest BCUT2D eigenvalue weighted by Gasteiger charge is 2.38. The average molecular weight is 492 g/mol. The van der Waals surface area contributed by atoms with E-state index in [9.17, 15) is 9.59 Å². The van der Waals surface area contributed by atoms with Crippen LogP contribution in [0.2, 0.25) is 0 Å². The number of carbonyl (C=O) groups excluding carboxylic acids is 2. The zero-order chi connectivity index (χ0) is 25.3. The molecule has 0 aliphatic heterocycles. The van der Waals surface area contributed by atoms with Gasteiger partial charge in [-0.25, -0.2) is 4.79 Å². The van der Waals surface area contributed by atoms with Crippen molar-refractivity contribution in [2.45, 2.75) is 31.1 Å². The van der Waals surface area contributed by atoms with Gasteiger partial charge in [-0.15, -0.1) is 11.8 Å². The Morgan fingerprint density at radius 2 is 1.23 bits per heavy atom. The number of nitrogens with one attached hydrogen (secondary N) is 1. The van der Waals surface area contributed by atoms with Crippen LogP contribution in [0.5, 0.6) is 0 Å². The summed E-state index contributed by atoms with van der Waals surface area (Å²) in [6.45, 7) is 5.51. The van der Waals surface area contributed by atoms with Gasteiger partial charge in [0.15, 0.2) is 0 Å². The van der Waals surface area contributed by atoms with Crippen LogP contribution in [-0.4, -0.2) is 37.1 Å². The number of carbonyl (C=O) groups is 2. The van der Waals surface area contributed by atoms with E-state index in [0.717, 1.165) is 16.7 Å². The number of benzene rings is 3. The minimum atomic E-state index is -0.622. The third-order valence-corrected chi connectivity index (χ3v) is 7.18. The largest absolute Gasteiger partial charge is 0.469 e. The second kappa shape index (κ2) is 11.9. The zero-order valence-corrected chi connectivity index (χ0v) is 21.5.